The molecule has 6 nitrogen and oxygen atoms in total. The minimum absolute atomic E-state index is 0.0701. The maximum atomic E-state index is 12.9. The zero-order chi connectivity index (χ0) is 59.9. The Bertz CT molecular complexity index is 1520. The van der Waals surface area contributed by atoms with Gasteiger partial charge in [0.15, 0.2) is 6.10 Å². The summed E-state index contributed by atoms with van der Waals surface area (Å²) in [4.78, 5) is 38.2. The molecule has 0 amide bonds. The molecule has 83 heavy (non-hydrogen) atoms. The fraction of sp³-hybridized carbons (Fsp3) is 0.805. The van der Waals surface area contributed by atoms with Crippen molar-refractivity contribution in [1.82, 2.24) is 0 Å². The van der Waals surface area contributed by atoms with Gasteiger partial charge in [-0.25, -0.2) is 0 Å². The van der Waals surface area contributed by atoms with Gasteiger partial charge in [-0.05, 0) is 89.9 Å². The number of unbranched alkanes of at least 4 members (excludes halogenated alkanes) is 44. The van der Waals surface area contributed by atoms with Crippen LogP contribution in [0.5, 0.6) is 0 Å². The number of carbonyl (C=O) groups excluding carboxylic acids is 3. The van der Waals surface area contributed by atoms with E-state index in [2.05, 4.69) is 93.7 Å². The summed E-state index contributed by atoms with van der Waals surface area (Å²) in [6, 6.07) is 0. The van der Waals surface area contributed by atoms with Gasteiger partial charge in [0.05, 0.1) is 0 Å². The van der Waals surface area contributed by atoms with E-state index in [1.165, 1.54) is 250 Å². The largest absolute Gasteiger partial charge is 0.462 e. The minimum atomic E-state index is -0.771. The van der Waals surface area contributed by atoms with E-state index in [9.17, 15) is 14.4 Å². The highest BCUT2D eigenvalue weighted by molar-refractivity contribution is 5.71. The average Bonchev–Trinajstić information content (AvgIpc) is 3.50. The molecule has 1 unspecified atom stereocenters. The second-order valence-electron chi connectivity index (χ2n) is 24.5. The monoisotopic (exact) mass is 1160 g/mol. The van der Waals surface area contributed by atoms with Crippen LogP contribution < -0.4 is 0 Å². The van der Waals surface area contributed by atoms with Crippen LogP contribution in [0.25, 0.3) is 0 Å². The van der Waals surface area contributed by atoms with Gasteiger partial charge in [0.1, 0.15) is 13.2 Å². The van der Waals surface area contributed by atoms with Crippen LogP contribution in [0.3, 0.4) is 0 Å². The first-order chi connectivity index (χ1) is 41.0. The first-order valence-corrected chi connectivity index (χ1v) is 36.4. The van der Waals surface area contributed by atoms with Crippen molar-refractivity contribution in [3.8, 4) is 0 Å². The maximum Gasteiger partial charge on any atom is 0.306 e. The summed E-state index contributed by atoms with van der Waals surface area (Å²) in [6.07, 6.45) is 94.0. The van der Waals surface area contributed by atoms with Gasteiger partial charge < -0.3 is 14.2 Å². The molecule has 482 valence electrons. The van der Waals surface area contributed by atoms with E-state index in [0.29, 0.717) is 19.3 Å². The predicted octanol–water partition coefficient (Wildman–Crippen LogP) is 25.2. The number of ether oxygens (including phenoxy) is 3. The summed E-state index contributed by atoms with van der Waals surface area (Å²) in [5, 5.41) is 0. The van der Waals surface area contributed by atoms with Crippen LogP contribution in [0.1, 0.15) is 380 Å². The number of allylic oxidation sites excluding steroid dienone is 12. The Kier molecular flexibility index (Phi) is 68.6. The molecule has 0 radical (unpaired) electrons. The molecule has 0 aromatic heterocycles. The molecule has 0 spiro atoms. The summed E-state index contributed by atoms with van der Waals surface area (Å²) in [6.45, 7) is 6.54. The number of carbonyl (C=O) groups is 3. The summed E-state index contributed by atoms with van der Waals surface area (Å²) in [7, 11) is 0. The van der Waals surface area contributed by atoms with Gasteiger partial charge in [-0.1, -0.05) is 344 Å². The van der Waals surface area contributed by atoms with Crippen LogP contribution in [-0.4, -0.2) is 37.2 Å². The first kappa shape index (κ1) is 79.8. The Morgan fingerprint density at radius 3 is 0.747 bits per heavy atom. The smallest absolute Gasteiger partial charge is 0.306 e. The lowest BCUT2D eigenvalue weighted by Crippen LogP contribution is -2.30. The molecule has 0 aromatic rings. The Morgan fingerprint density at radius 1 is 0.253 bits per heavy atom. The Hall–Kier alpha value is -3.15. The van der Waals surface area contributed by atoms with Crippen molar-refractivity contribution < 1.29 is 28.6 Å². The second kappa shape index (κ2) is 71.3. The average molecular weight is 1160 g/mol. The number of esters is 3. The lowest BCUT2D eigenvalue weighted by Gasteiger charge is -2.18. The van der Waals surface area contributed by atoms with Crippen LogP contribution in [0.4, 0.5) is 0 Å². The zero-order valence-electron chi connectivity index (χ0n) is 55.5. The molecule has 1 atom stereocenters. The molecule has 0 saturated carbocycles. The SMILES string of the molecule is CC/C=C\C/C=C\C/C=C\C/C=C\C/C=C\CCCCCCCCCCCCCCCCCC(=O)OCC(COC(=O)CCCCCCCCC)OC(=O)CCCCCCCCCCCCCCCCC/C=C\CCCCCCCCCC. The molecule has 0 fully saturated rings. The van der Waals surface area contributed by atoms with Gasteiger partial charge in [0, 0.05) is 19.3 Å². The fourth-order valence-corrected chi connectivity index (χ4v) is 10.8. The van der Waals surface area contributed by atoms with Crippen LogP contribution >= 0.6 is 0 Å². The van der Waals surface area contributed by atoms with Crippen LogP contribution in [0.2, 0.25) is 0 Å². The molecular weight excluding hydrogens is 1020 g/mol. The van der Waals surface area contributed by atoms with E-state index in [1.54, 1.807) is 0 Å². The lowest BCUT2D eigenvalue weighted by atomic mass is 10.0. The lowest BCUT2D eigenvalue weighted by molar-refractivity contribution is -0.167. The van der Waals surface area contributed by atoms with Crippen molar-refractivity contribution >= 4 is 17.9 Å². The molecule has 0 aliphatic rings. The highest BCUT2D eigenvalue weighted by Gasteiger charge is 2.19. The highest BCUT2D eigenvalue weighted by atomic mass is 16.6. The standard InChI is InChI=1S/C77H138O6/c1-4-7-10-13-16-18-20-22-24-26-28-30-32-34-36-37-38-39-41-42-44-46-48-50-52-54-56-58-61-64-67-70-76(79)82-73-74(72-81-75(78)69-66-63-60-15-12-9-6-3)83-77(80)71-68-65-62-59-57-55-53-51-49-47-45-43-40-35-33-31-29-27-25-23-21-19-17-14-11-8-5-2/h7,10,16,18,22,24,27-30,34,36,74H,4-6,8-9,11-15,17,19-21,23,25-26,31-33,35,37-73H2,1-3H3/b10-7-,18-16-,24-22-,29-27-,30-28-,36-34-. The Labute approximate surface area is 516 Å². The van der Waals surface area contributed by atoms with E-state index in [-0.39, 0.29) is 31.1 Å². The van der Waals surface area contributed by atoms with E-state index < -0.39 is 6.10 Å². The fourth-order valence-electron chi connectivity index (χ4n) is 10.8. The first-order valence-electron chi connectivity index (χ1n) is 36.4. The van der Waals surface area contributed by atoms with Gasteiger partial charge in [-0.15, -0.1) is 0 Å². The van der Waals surface area contributed by atoms with Gasteiger partial charge in [-0.3, -0.25) is 14.4 Å². The molecule has 0 N–H and O–H groups in total. The van der Waals surface area contributed by atoms with Crippen LogP contribution in [0, 0.1) is 0 Å². The predicted molar refractivity (Wildman–Crippen MR) is 362 cm³/mol. The zero-order valence-corrected chi connectivity index (χ0v) is 55.5. The van der Waals surface area contributed by atoms with Gasteiger partial charge in [-0.2, -0.15) is 0 Å². The maximum absolute atomic E-state index is 12.9. The third kappa shape index (κ3) is 69.5. The third-order valence-electron chi connectivity index (χ3n) is 16.2. The summed E-state index contributed by atoms with van der Waals surface area (Å²) < 4.78 is 16.9. The van der Waals surface area contributed by atoms with E-state index in [0.717, 1.165) is 89.9 Å². The number of hydrogen-bond donors (Lipinski definition) is 0. The molecule has 0 rings (SSSR count). The topological polar surface area (TPSA) is 78.9 Å². The molecule has 0 aliphatic heterocycles. The molecule has 0 heterocycles. The van der Waals surface area contributed by atoms with Crippen LogP contribution in [-0.2, 0) is 28.6 Å². The van der Waals surface area contributed by atoms with E-state index >= 15 is 0 Å². The highest BCUT2D eigenvalue weighted by Crippen LogP contribution is 2.18. The summed E-state index contributed by atoms with van der Waals surface area (Å²) >= 11 is 0. The van der Waals surface area contributed by atoms with Gasteiger partial charge in [0.25, 0.3) is 0 Å². The normalized spacial score (nSPS) is 12.5. The van der Waals surface area contributed by atoms with Crippen molar-refractivity contribution in [1.29, 1.82) is 0 Å². The quantitative estimate of drug-likeness (QED) is 0.0261. The molecule has 0 bridgehead atoms. The van der Waals surface area contributed by atoms with E-state index in [4.69, 9.17) is 14.2 Å². The number of hydrogen-bond acceptors (Lipinski definition) is 6. The van der Waals surface area contributed by atoms with Crippen molar-refractivity contribution in [2.75, 3.05) is 13.2 Å². The minimum Gasteiger partial charge on any atom is -0.462 e. The van der Waals surface area contributed by atoms with Crippen molar-refractivity contribution in [2.45, 2.75) is 386 Å². The molecule has 0 aliphatic carbocycles. The molecule has 0 aromatic carbocycles. The van der Waals surface area contributed by atoms with Crippen LogP contribution in [0.15, 0.2) is 72.9 Å². The van der Waals surface area contributed by atoms with Crippen molar-refractivity contribution in [3.63, 3.8) is 0 Å². The summed E-state index contributed by atoms with van der Waals surface area (Å²) in [5.41, 5.74) is 0. The van der Waals surface area contributed by atoms with Crippen molar-refractivity contribution in [3.05, 3.63) is 72.9 Å². The Morgan fingerprint density at radius 2 is 0.470 bits per heavy atom. The molecule has 6 heteroatoms. The van der Waals surface area contributed by atoms with Crippen molar-refractivity contribution in [2.24, 2.45) is 0 Å². The third-order valence-corrected chi connectivity index (χ3v) is 16.2. The van der Waals surface area contributed by atoms with Gasteiger partial charge >= 0.3 is 17.9 Å². The summed E-state index contributed by atoms with van der Waals surface area (Å²) in [5.74, 6) is -0.855. The molecular formula is C77H138O6. The number of rotatable bonds is 67. The van der Waals surface area contributed by atoms with Gasteiger partial charge in [0.2, 0.25) is 0 Å². The van der Waals surface area contributed by atoms with E-state index in [1.807, 2.05) is 0 Å². The second-order valence-corrected chi connectivity index (χ2v) is 24.5. The Balaban J connectivity index is 4.02. The molecule has 0 saturated heterocycles.